The van der Waals surface area contributed by atoms with E-state index in [2.05, 4.69) is 31.0 Å². The standard InChI is InChI=1S/C13H26N2/c1-11(2)12(3)15-10-4-5-13(15)6-8-14-9-7-13/h11-12,14H,4-10H2,1-3H3. The van der Waals surface area contributed by atoms with Gasteiger partial charge in [0.2, 0.25) is 0 Å². The third-order valence-electron chi connectivity index (χ3n) is 4.64. The van der Waals surface area contributed by atoms with Gasteiger partial charge in [-0.1, -0.05) is 13.8 Å². The molecule has 0 radical (unpaired) electrons. The summed E-state index contributed by atoms with van der Waals surface area (Å²) in [5, 5.41) is 3.50. The van der Waals surface area contributed by atoms with E-state index in [4.69, 9.17) is 0 Å². The molecule has 0 aromatic carbocycles. The van der Waals surface area contributed by atoms with E-state index in [0.29, 0.717) is 5.54 Å². The minimum Gasteiger partial charge on any atom is -0.317 e. The summed E-state index contributed by atoms with van der Waals surface area (Å²) in [6.07, 6.45) is 5.58. The predicted octanol–water partition coefficient (Wildman–Crippen LogP) is 2.25. The summed E-state index contributed by atoms with van der Waals surface area (Å²) < 4.78 is 0. The van der Waals surface area contributed by atoms with E-state index in [1.807, 2.05) is 0 Å². The van der Waals surface area contributed by atoms with Crippen molar-refractivity contribution >= 4 is 0 Å². The highest BCUT2D eigenvalue weighted by Gasteiger charge is 2.43. The molecule has 0 amide bonds. The van der Waals surface area contributed by atoms with E-state index >= 15 is 0 Å². The summed E-state index contributed by atoms with van der Waals surface area (Å²) >= 11 is 0. The molecule has 2 rings (SSSR count). The van der Waals surface area contributed by atoms with Crippen molar-refractivity contribution in [2.24, 2.45) is 5.92 Å². The van der Waals surface area contributed by atoms with Gasteiger partial charge in [-0.3, -0.25) is 4.90 Å². The van der Waals surface area contributed by atoms with Gasteiger partial charge < -0.3 is 5.32 Å². The molecule has 1 spiro atoms. The zero-order valence-electron chi connectivity index (χ0n) is 10.6. The molecule has 1 atom stereocenters. The lowest BCUT2D eigenvalue weighted by Crippen LogP contribution is -2.55. The summed E-state index contributed by atoms with van der Waals surface area (Å²) in [6, 6.07) is 0.755. The van der Waals surface area contributed by atoms with Crippen LogP contribution < -0.4 is 5.32 Å². The average molecular weight is 210 g/mol. The highest BCUT2D eigenvalue weighted by molar-refractivity contribution is 5.00. The molecule has 1 N–H and O–H groups in total. The second-order valence-electron chi connectivity index (χ2n) is 5.76. The van der Waals surface area contributed by atoms with E-state index in [0.717, 1.165) is 12.0 Å². The second kappa shape index (κ2) is 4.42. The Bertz CT molecular complexity index is 207. The van der Waals surface area contributed by atoms with Crippen molar-refractivity contribution in [2.45, 2.75) is 58.0 Å². The van der Waals surface area contributed by atoms with Gasteiger partial charge in [0, 0.05) is 11.6 Å². The normalized spacial score (nSPS) is 28.8. The van der Waals surface area contributed by atoms with Crippen LogP contribution in [-0.2, 0) is 0 Å². The molecule has 2 aliphatic heterocycles. The van der Waals surface area contributed by atoms with E-state index in [-0.39, 0.29) is 0 Å². The van der Waals surface area contributed by atoms with Crippen LogP contribution in [0.5, 0.6) is 0 Å². The van der Waals surface area contributed by atoms with Gasteiger partial charge in [0.15, 0.2) is 0 Å². The van der Waals surface area contributed by atoms with Crippen molar-refractivity contribution < 1.29 is 0 Å². The molecule has 0 bridgehead atoms. The van der Waals surface area contributed by atoms with Gasteiger partial charge in [-0.15, -0.1) is 0 Å². The molecule has 0 aromatic heterocycles. The fourth-order valence-corrected chi connectivity index (χ4v) is 3.38. The van der Waals surface area contributed by atoms with E-state index in [9.17, 15) is 0 Å². The summed E-state index contributed by atoms with van der Waals surface area (Å²) in [4.78, 5) is 2.82. The molecule has 2 saturated heterocycles. The predicted molar refractivity (Wildman–Crippen MR) is 65.1 cm³/mol. The van der Waals surface area contributed by atoms with Gasteiger partial charge in [0.05, 0.1) is 0 Å². The third kappa shape index (κ3) is 2.07. The summed E-state index contributed by atoms with van der Waals surface area (Å²) in [5.41, 5.74) is 0.564. The molecule has 2 heteroatoms. The molecule has 88 valence electrons. The summed E-state index contributed by atoms with van der Waals surface area (Å²) in [6.45, 7) is 10.9. The molecule has 0 saturated carbocycles. The van der Waals surface area contributed by atoms with Crippen molar-refractivity contribution in [3.63, 3.8) is 0 Å². The first-order valence-electron chi connectivity index (χ1n) is 6.63. The Morgan fingerprint density at radius 2 is 1.73 bits per heavy atom. The van der Waals surface area contributed by atoms with Gasteiger partial charge >= 0.3 is 0 Å². The molecule has 2 nitrogen and oxygen atoms in total. The van der Waals surface area contributed by atoms with Crippen molar-refractivity contribution in [1.29, 1.82) is 0 Å². The molecular weight excluding hydrogens is 184 g/mol. The largest absolute Gasteiger partial charge is 0.317 e. The van der Waals surface area contributed by atoms with Crippen LogP contribution in [0.15, 0.2) is 0 Å². The first-order chi connectivity index (χ1) is 7.16. The Morgan fingerprint density at radius 3 is 2.33 bits per heavy atom. The van der Waals surface area contributed by atoms with E-state index < -0.39 is 0 Å². The first kappa shape index (κ1) is 11.4. The third-order valence-corrected chi connectivity index (χ3v) is 4.64. The zero-order chi connectivity index (χ0) is 10.9. The molecule has 2 fully saturated rings. The number of likely N-dealkylation sites (tertiary alicyclic amines) is 1. The van der Waals surface area contributed by atoms with Gasteiger partial charge in [-0.05, 0) is 58.2 Å². The fraction of sp³-hybridized carbons (Fsp3) is 1.00. The van der Waals surface area contributed by atoms with Gasteiger partial charge in [0.1, 0.15) is 0 Å². The first-order valence-corrected chi connectivity index (χ1v) is 6.63. The molecule has 15 heavy (non-hydrogen) atoms. The van der Waals surface area contributed by atoms with Crippen LogP contribution in [0.2, 0.25) is 0 Å². The molecule has 0 aromatic rings. The van der Waals surface area contributed by atoms with Crippen LogP contribution in [0.4, 0.5) is 0 Å². The van der Waals surface area contributed by atoms with Crippen LogP contribution in [-0.4, -0.2) is 36.1 Å². The highest BCUT2D eigenvalue weighted by atomic mass is 15.3. The number of rotatable bonds is 2. The van der Waals surface area contributed by atoms with Crippen LogP contribution in [0.3, 0.4) is 0 Å². The maximum atomic E-state index is 3.50. The topological polar surface area (TPSA) is 15.3 Å². The van der Waals surface area contributed by atoms with E-state index in [1.165, 1.54) is 45.3 Å². The van der Waals surface area contributed by atoms with E-state index in [1.54, 1.807) is 0 Å². The van der Waals surface area contributed by atoms with Gasteiger partial charge in [-0.2, -0.15) is 0 Å². The monoisotopic (exact) mass is 210 g/mol. The van der Waals surface area contributed by atoms with Crippen molar-refractivity contribution in [3.05, 3.63) is 0 Å². The smallest absolute Gasteiger partial charge is 0.0237 e. The Balaban J connectivity index is 2.09. The number of hydrogen-bond acceptors (Lipinski definition) is 2. The quantitative estimate of drug-likeness (QED) is 0.752. The average Bonchev–Trinajstić information content (AvgIpc) is 2.61. The van der Waals surface area contributed by atoms with Crippen molar-refractivity contribution in [2.75, 3.05) is 19.6 Å². The Hall–Kier alpha value is -0.0800. The van der Waals surface area contributed by atoms with Crippen molar-refractivity contribution in [1.82, 2.24) is 10.2 Å². The SMILES string of the molecule is CC(C)C(C)N1CCCC12CCNCC2. The minimum atomic E-state index is 0.564. The Kier molecular flexibility index (Phi) is 3.36. The summed E-state index contributed by atoms with van der Waals surface area (Å²) in [7, 11) is 0. The molecule has 1 unspecified atom stereocenters. The molecular formula is C13H26N2. The fourth-order valence-electron chi connectivity index (χ4n) is 3.38. The lowest BCUT2D eigenvalue weighted by Gasteiger charge is -2.46. The number of piperidine rings is 1. The van der Waals surface area contributed by atoms with Crippen LogP contribution in [0, 0.1) is 5.92 Å². The van der Waals surface area contributed by atoms with Crippen molar-refractivity contribution in [3.8, 4) is 0 Å². The minimum absolute atomic E-state index is 0.564. The molecule has 0 aliphatic carbocycles. The lowest BCUT2D eigenvalue weighted by molar-refractivity contribution is 0.0456. The van der Waals surface area contributed by atoms with Crippen LogP contribution in [0.1, 0.15) is 46.5 Å². The number of hydrogen-bond donors (Lipinski definition) is 1. The number of nitrogens with zero attached hydrogens (tertiary/aromatic N) is 1. The van der Waals surface area contributed by atoms with Gasteiger partial charge in [0.25, 0.3) is 0 Å². The summed E-state index contributed by atoms with van der Waals surface area (Å²) in [5.74, 6) is 0.787. The maximum absolute atomic E-state index is 3.50. The lowest BCUT2D eigenvalue weighted by atomic mass is 9.84. The number of nitrogens with one attached hydrogen (secondary N) is 1. The zero-order valence-corrected chi connectivity index (χ0v) is 10.6. The maximum Gasteiger partial charge on any atom is 0.0237 e. The van der Waals surface area contributed by atoms with Crippen LogP contribution >= 0.6 is 0 Å². The Labute approximate surface area is 94.4 Å². The Morgan fingerprint density at radius 1 is 1.07 bits per heavy atom. The molecule has 2 heterocycles. The van der Waals surface area contributed by atoms with Gasteiger partial charge in [-0.25, -0.2) is 0 Å². The molecule has 2 aliphatic rings. The van der Waals surface area contributed by atoms with Crippen LogP contribution in [0.25, 0.3) is 0 Å². The highest BCUT2D eigenvalue weighted by Crippen LogP contribution is 2.39. The second-order valence-corrected chi connectivity index (χ2v) is 5.76.